The Labute approximate surface area is 253 Å². The van der Waals surface area contributed by atoms with E-state index in [-0.39, 0.29) is 30.8 Å². The Morgan fingerprint density at radius 3 is 2.05 bits per heavy atom. The molecule has 2 amide bonds. The molecule has 42 heavy (non-hydrogen) atoms. The van der Waals surface area contributed by atoms with Crippen LogP contribution in [0.5, 0.6) is 0 Å². The lowest BCUT2D eigenvalue weighted by molar-refractivity contribution is -0.151. The number of allylic oxidation sites excluding steroid dienone is 1. The third-order valence-corrected chi connectivity index (χ3v) is 7.74. The molecular weight excluding hydrogens is 540 g/mol. The number of likely N-dealkylation sites (tertiary alicyclic amines) is 1. The molecule has 0 aromatic heterocycles. The predicted octanol–water partition coefficient (Wildman–Crippen LogP) is 3.65. The first-order chi connectivity index (χ1) is 20.0. The molecule has 0 saturated carbocycles. The van der Waals surface area contributed by atoms with Gasteiger partial charge in [-0.25, -0.2) is 0 Å². The maximum absolute atomic E-state index is 12.9. The first-order valence-corrected chi connectivity index (χ1v) is 16.0. The molecule has 0 spiro atoms. The predicted molar refractivity (Wildman–Crippen MR) is 163 cm³/mol. The SMILES string of the molecule is CCCCCCCCCCCCCC(=O)O[C@H]1CCC(NC(=O)[C@H](OC)[C@@H](O)[C@@H](O)[C@H](O)/C=C/C(C)C)C(=O)N(C)C1. The molecule has 0 bridgehead atoms. The average Bonchev–Trinajstić information content (AvgIpc) is 3.07. The first kappa shape index (κ1) is 38.0. The van der Waals surface area contributed by atoms with Crippen molar-refractivity contribution in [3.8, 4) is 0 Å². The second-order valence-corrected chi connectivity index (χ2v) is 12.0. The molecule has 244 valence electrons. The maximum atomic E-state index is 12.9. The highest BCUT2D eigenvalue weighted by atomic mass is 16.5. The Bertz CT molecular complexity index is 805. The van der Waals surface area contributed by atoms with E-state index in [1.54, 1.807) is 13.1 Å². The minimum atomic E-state index is -1.73. The smallest absolute Gasteiger partial charge is 0.306 e. The van der Waals surface area contributed by atoms with Gasteiger partial charge in [-0.1, -0.05) is 97.1 Å². The van der Waals surface area contributed by atoms with Crippen LogP contribution in [0, 0.1) is 5.92 Å². The third kappa shape index (κ3) is 14.9. The van der Waals surface area contributed by atoms with Crippen LogP contribution in [0.1, 0.15) is 111 Å². The summed E-state index contributed by atoms with van der Waals surface area (Å²) >= 11 is 0. The summed E-state index contributed by atoms with van der Waals surface area (Å²) in [5, 5.41) is 33.6. The zero-order valence-electron chi connectivity index (χ0n) is 26.6. The van der Waals surface area contributed by atoms with Gasteiger partial charge in [0, 0.05) is 20.6 Å². The van der Waals surface area contributed by atoms with Gasteiger partial charge in [0.25, 0.3) is 5.91 Å². The van der Waals surface area contributed by atoms with E-state index in [0.29, 0.717) is 12.8 Å². The Balaban J connectivity index is 2.47. The Kier molecular flexibility index (Phi) is 19.6. The van der Waals surface area contributed by atoms with Crippen molar-refractivity contribution in [2.75, 3.05) is 20.7 Å². The number of esters is 1. The lowest BCUT2D eigenvalue weighted by Crippen LogP contribution is -2.55. The van der Waals surface area contributed by atoms with Crippen LogP contribution in [-0.2, 0) is 23.9 Å². The number of aliphatic hydroxyl groups is 3. The van der Waals surface area contributed by atoms with Gasteiger partial charge in [0.2, 0.25) is 5.91 Å². The topological polar surface area (TPSA) is 146 Å². The van der Waals surface area contributed by atoms with E-state index in [2.05, 4.69) is 12.2 Å². The fourth-order valence-corrected chi connectivity index (χ4v) is 5.12. The van der Waals surface area contributed by atoms with Crippen LogP contribution < -0.4 is 5.32 Å². The Morgan fingerprint density at radius 2 is 1.50 bits per heavy atom. The molecular formula is C32H58N2O8. The van der Waals surface area contributed by atoms with Crippen LogP contribution >= 0.6 is 0 Å². The molecule has 0 aliphatic carbocycles. The molecule has 0 aromatic rings. The molecule has 10 heteroatoms. The van der Waals surface area contributed by atoms with E-state index < -0.39 is 42.5 Å². The number of ether oxygens (including phenoxy) is 2. The van der Waals surface area contributed by atoms with Crippen molar-refractivity contribution in [3.05, 3.63) is 12.2 Å². The van der Waals surface area contributed by atoms with E-state index in [4.69, 9.17) is 9.47 Å². The van der Waals surface area contributed by atoms with Gasteiger partial charge < -0.3 is 35.0 Å². The number of nitrogens with one attached hydrogen (secondary N) is 1. The molecule has 1 saturated heterocycles. The number of methoxy groups -OCH3 is 1. The third-order valence-electron chi connectivity index (χ3n) is 7.74. The molecule has 1 rings (SSSR count). The molecule has 1 fully saturated rings. The van der Waals surface area contributed by atoms with Gasteiger partial charge >= 0.3 is 5.97 Å². The number of likely N-dealkylation sites (N-methyl/N-ethyl adjacent to an activating group) is 1. The molecule has 0 aromatic carbocycles. The van der Waals surface area contributed by atoms with Gasteiger partial charge in [-0.3, -0.25) is 14.4 Å². The average molecular weight is 599 g/mol. The number of rotatable bonds is 21. The largest absolute Gasteiger partial charge is 0.460 e. The quantitative estimate of drug-likeness (QED) is 0.0890. The number of carbonyl (C=O) groups excluding carboxylic acids is 3. The van der Waals surface area contributed by atoms with Crippen LogP contribution in [0.25, 0.3) is 0 Å². The number of hydrogen-bond donors (Lipinski definition) is 4. The second-order valence-electron chi connectivity index (χ2n) is 12.0. The number of carbonyl (C=O) groups is 3. The number of nitrogens with zero attached hydrogens (tertiary/aromatic N) is 1. The molecule has 1 aliphatic heterocycles. The molecule has 4 N–H and O–H groups in total. The standard InChI is InChI=1S/C32H58N2O8/c1-6-7-8-9-10-11-12-13-14-15-16-17-27(36)42-24-19-20-25(32(40)34(4)22-24)33-31(39)30(41-5)29(38)28(37)26(35)21-18-23(2)3/h18,21,23-26,28-30,35,37-38H,6-17,19-20,22H2,1-5H3,(H,33,39)/b21-18+/t24-,25?,26+,28-,29-,30+/m0/s1. The molecule has 1 aliphatic rings. The van der Waals surface area contributed by atoms with Gasteiger partial charge in [0.1, 0.15) is 30.5 Å². The second kappa shape index (κ2) is 21.6. The Morgan fingerprint density at radius 1 is 0.929 bits per heavy atom. The van der Waals surface area contributed by atoms with Crippen LogP contribution in [0.4, 0.5) is 0 Å². The van der Waals surface area contributed by atoms with Crippen molar-refractivity contribution in [1.29, 1.82) is 0 Å². The van der Waals surface area contributed by atoms with Gasteiger partial charge in [0.15, 0.2) is 6.10 Å². The fourth-order valence-electron chi connectivity index (χ4n) is 5.12. The maximum Gasteiger partial charge on any atom is 0.306 e. The minimum absolute atomic E-state index is 0.122. The van der Waals surface area contributed by atoms with Gasteiger partial charge in [-0.15, -0.1) is 0 Å². The number of hydrogen-bond acceptors (Lipinski definition) is 8. The van der Waals surface area contributed by atoms with Crippen molar-refractivity contribution in [2.24, 2.45) is 5.92 Å². The molecule has 10 nitrogen and oxygen atoms in total. The van der Waals surface area contributed by atoms with Crippen molar-refractivity contribution < 1.29 is 39.2 Å². The first-order valence-electron chi connectivity index (χ1n) is 16.0. The summed E-state index contributed by atoms with van der Waals surface area (Å²) in [6.45, 7) is 6.23. The summed E-state index contributed by atoms with van der Waals surface area (Å²) in [5.74, 6) is -1.29. The number of aliphatic hydroxyl groups excluding tert-OH is 3. The van der Waals surface area contributed by atoms with Crippen LogP contribution in [0.15, 0.2) is 12.2 Å². The highest BCUT2D eigenvalue weighted by Crippen LogP contribution is 2.18. The summed E-state index contributed by atoms with van der Waals surface area (Å²) in [5.41, 5.74) is 0. The molecule has 6 atom stereocenters. The number of unbranched alkanes of at least 4 members (excludes halogenated alkanes) is 10. The molecule has 1 unspecified atom stereocenters. The van der Waals surface area contributed by atoms with E-state index in [0.717, 1.165) is 19.3 Å². The van der Waals surface area contributed by atoms with Crippen molar-refractivity contribution in [1.82, 2.24) is 10.2 Å². The highest BCUT2D eigenvalue weighted by Gasteiger charge is 2.38. The monoisotopic (exact) mass is 598 g/mol. The van der Waals surface area contributed by atoms with Gasteiger partial charge in [0.05, 0.1) is 6.54 Å². The number of amides is 2. The summed E-state index contributed by atoms with van der Waals surface area (Å²) in [6, 6.07) is -0.911. The van der Waals surface area contributed by atoms with E-state index in [1.165, 1.54) is 69.5 Å². The summed E-state index contributed by atoms with van der Waals surface area (Å²) in [6.07, 6.45) is 10.4. The van der Waals surface area contributed by atoms with Crippen molar-refractivity contribution >= 4 is 17.8 Å². The fraction of sp³-hybridized carbons (Fsp3) is 0.844. The summed E-state index contributed by atoms with van der Waals surface area (Å²) in [4.78, 5) is 39.7. The van der Waals surface area contributed by atoms with Crippen molar-refractivity contribution in [2.45, 2.75) is 147 Å². The van der Waals surface area contributed by atoms with Gasteiger partial charge in [-0.05, 0) is 25.2 Å². The summed E-state index contributed by atoms with van der Waals surface area (Å²) < 4.78 is 10.8. The van der Waals surface area contributed by atoms with E-state index in [9.17, 15) is 29.7 Å². The zero-order chi connectivity index (χ0) is 31.5. The minimum Gasteiger partial charge on any atom is -0.460 e. The van der Waals surface area contributed by atoms with Crippen LogP contribution in [-0.4, -0.2) is 95.3 Å². The molecule has 0 radical (unpaired) electrons. The molecule has 1 heterocycles. The highest BCUT2D eigenvalue weighted by molar-refractivity contribution is 5.89. The Hall–Kier alpha value is -2.01. The van der Waals surface area contributed by atoms with E-state index >= 15 is 0 Å². The van der Waals surface area contributed by atoms with Gasteiger partial charge in [-0.2, -0.15) is 0 Å². The normalized spacial score (nSPS) is 20.8. The van der Waals surface area contributed by atoms with Crippen molar-refractivity contribution in [3.63, 3.8) is 0 Å². The lowest BCUT2D eigenvalue weighted by atomic mass is 10.00. The summed E-state index contributed by atoms with van der Waals surface area (Å²) in [7, 11) is 2.78. The lowest BCUT2D eigenvalue weighted by Gasteiger charge is -2.28. The van der Waals surface area contributed by atoms with Crippen LogP contribution in [0.3, 0.4) is 0 Å². The van der Waals surface area contributed by atoms with Crippen LogP contribution in [0.2, 0.25) is 0 Å². The zero-order valence-corrected chi connectivity index (χ0v) is 26.6. The van der Waals surface area contributed by atoms with E-state index in [1.807, 2.05) is 13.8 Å².